The van der Waals surface area contributed by atoms with E-state index in [2.05, 4.69) is 17.0 Å². The van der Waals surface area contributed by atoms with Crippen LogP contribution < -0.4 is 17.0 Å². The van der Waals surface area contributed by atoms with Gasteiger partial charge in [0.25, 0.3) is 0 Å². The SMILES string of the molecule is Cc1c(CCO)sc[n+]1Cc1ccccc1Cl.[Cl-]. The molecule has 2 aromatic rings. The molecule has 1 aromatic carbocycles. The molecule has 0 aliphatic heterocycles. The van der Waals surface area contributed by atoms with Crippen LogP contribution in [-0.4, -0.2) is 11.7 Å². The van der Waals surface area contributed by atoms with Crippen molar-refractivity contribution in [2.75, 3.05) is 6.61 Å². The molecule has 0 bridgehead atoms. The Bertz CT molecular complexity index is 513. The zero-order valence-corrected chi connectivity index (χ0v) is 12.4. The van der Waals surface area contributed by atoms with Crippen molar-refractivity contribution in [3.05, 3.63) is 50.9 Å². The van der Waals surface area contributed by atoms with Crippen LogP contribution in [0, 0.1) is 6.92 Å². The number of nitrogens with zero attached hydrogens (tertiary/aromatic N) is 1. The summed E-state index contributed by atoms with van der Waals surface area (Å²) in [6.07, 6.45) is 0.728. The number of aromatic nitrogens is 1. The van der Waals surface area contributed by atoms with Gasteiger partial charge in [0.05, 0.1) is 9.90 Å². The van der Waals surface area contributed by atoms with E-state index < -0.39 is 0 Å². The molecule has 2 rings (SSSR count). The molecule has 0 spiro atoms. The molecule has 0 fully saturated rings. The topological polar surface area (TPSA) is 24.1 Å². The molecule has 1 heterocycles. The second-order valence-electron chi connectivity index (χ2n) is 3.92. The summed E-state index contributed by atoms with van der Waals surface area (Å²) in [5.41, 5.74) is 4.42. The highest BCUT2D eigenvalue weighted by Crippen LogP contribution is 2.16. The van der Waals surface area contributed by atoms with Gasteiger partial charge in [-0.25, -0.2) is 0 Å². The monoisotopic (exact) mass is 303 g/mol. The van der Waals surface area contributed by atoms with Gasteiger partial charge < -0.3 is 17.5 Å². The molecule has 0 saturated heterocycles. The smallest absolute Gasteiger partial charge is 0.225 e. The fourth-order valence-corrected chi connectivity index (χ4v) is 2.94. The minimum Gasteiger partial charge on any atom is -1.00 e. The maximum Gasteiger partial charge on any atom is 0.225 e. The van der Waals surface area contributed by atoms with Gasteiger partial charge in [-0.3, -0.25) is 0 Å². The van der Waals surface area contributed by atoms with E-state index in [0.29, 0.717) is 0 Å². The van der Waals surface area contributed by atoms with E-state index in [0.717, 1.165) is 23.6 Å². The lowest BCUT2D eigenvalue weighted by atomic mass is 10.2. The number of aliphatic hydroxyl groups excluding tert-OH is 1. The number of hydrogen-bond acceptors (Lipinski definition) is 2. The third kappa shape index (κ3) is 3.45. The molecule has 5 heteroatoms. The van der Waals surface area contributed by atoms with Gasteiger partial charge in [0.1, 0.15) is 0 Å². The summed E-state index contributed by atoms with van der Waals surface area (Å²) in [4.78, 5) is 1.24. The quantitative estimate of drug-likeness (QED) is 0.763. The summed E-state index contributed by atoms with van der Waals surface area (Å²) in [6, 6.07) is 7.89. The molecular weight excluding hydrogens is 289 g/mol. The molecule has 0 amide bonds. The van der Waals surface area contributed by atoms with Gasteiger partial charge in [-0.05, 0) is 6.07 Å². The molecule has 2 nitrogen and oxygen atoms in total. The molecule has 1 N–H and O–H groups in total. The second-order valence-corrected chi connectivity index (χ2v) is 5.27. The summed E-state index contributed by atoms with van der Waals surface area (Å²) in [5.74, 6) is 0. The summed E-state index contributed by atoms with van der Waals surface area (Å²) >= 11 is 7.83. The van der Waals surface area contributed by atoms with Crippen molar-refractivity contribution >= 4 is 22.9 Å². The van der Waals surface area contributed by atoms with Crippen molar-refractivity contribution in [2.45, 2.75) is 19.9 Å². The van der Waals surface area contributed by atoms with Gasteiger partial charge >= 0.3 is 0 Å². The first-order valence-corrected chi connectivity index (χ1v) is 6.79. The van der Waals surface area contributed by atoms with E-state index in [4.69, 9.17) is 16.7 Å². The molecule has 1 aromatic heterocycles. The summed E-state index contributed by atoms with van der Waals surface area (Å²) in [6.45, 7) is 3.07. The largest absolute Gasteiger partial charge is 1.00 e. The Morgan fingerprint density at radius 3 is 2.72 bits per heavy atom. The Morgan fingerprint density at radius 2 is 2.06 bits per heavy atom. The van der Waals surface area contributed by atoms with Gasteiger partial charge in [-0.15, -0.1) is 0 Å². The minimum absolute atomic E-state index is 0. The summed E-state index contributed by atoms with van der Waals surface area (Å²) < 4.78 is 2.18. The third-order valence-corrected chi connectivity index (χ3v) is 4.31. The highest BCUT2D eigenvalue weighted by Gasteiger charge is 2.15. The first-order chi connectivity index (χ1) is 8.22. The first-order valence-electron chi connectivity index (χ1n) is 5.53. The lowest BCUT2D eigenvalue weighted by Crippen LogP contribution is -3.00. The van der Waals surface area contributed by atoms with E-state index >= 15 is 0 Å². The van der Waals surface area contributed by atoms with Gasteiger partial charge in [0.2, 0.25) is 5.51 Å². The third-order valence-electron chi connectivity index (χ3n) is 2.79. The zero-order chi connectivity index (χ0) is 12.3. The lowest BCUT2D eigenvalue weighted by molar-refractivity contribution is -0.689. The maximum atomic E-state index is 8.96. The molecule has 0 unspecified atom stereocenters. The van der Waals surface area contributed by atoms with E-state index in [1.807, 2.05) is 24.3 Å². The number of aliphatic hydroxyl groups is 1. The van der Waals surface area contributed by atoms with Crippen molar-refractivity contribution in [3.8, 4) is 0 Å². The summed E-state index contributed by atoms with van der Waals surface area (Å²) in [5, 5.41) is 9.76. The molecule has 0 saturated carbocycles. The lowest BCUT2D eigenvalue weighted by Gasteiger charge is -2.00. The van der Waals surface area contributed by atoms with Crippen molar-refractivity contribution in [3.63, 3.8) is 0 Å². The fraction of sp³-hybridized carbons (Fsp3) is 0.308. The highest BCUT2D eigenvalue weighted by atomic mass is 35.5. The molecule has 0 aliphatic carbocycles. The Morgan fingerprint density at radius 1 is 1.33 bits per heavy atom. The minimum atomic E-state index is 0. The number of thiazole rings is 1. The van der Waals surface area contributed by atoms with Crippen LogP contribution in [0.5, 0.6) is 0 Å². The van der Waals surface area contributed by atoms with Crippen molar-refractivity contribution in [1.29, 1.82) is 0 Å². The summed E-state index contributed by atoms with van der Waals surface area (Å²) in [7, 11) is 0. The number of halogens is 2. The fourth-order valence-electron chi connectivity index (χ4n) is 1.76. The van der Waals surface area contributed by atoms with Crippen LogP contribution in [0.4, 0.5) is 0 Å². The van der Waals surface area contributed by atoms with E-state index in [9.17, 15) is 0 Å². The van der Waals surface area contributed by atoms with Crippen LogP contribution in [-0.2, 0) is 13.0 Å². The van der Waals surface area contributed by atoms with Crippen molar-refractivity contribution in [2.24, 2.45) is 0 Å². The Balaban J connectivity index is 0.00000162. The Kier molecular flexibility index (Phi) is 6.09. The van der Waals surface area contributed by atoms with Gasteiger partial charge in [0.15, 0.2) is 12.2 Å². The zero-order valence-electron chi connectivity index (χ0n) is 10.1. The van der Waals surface area contributed by atoms with Crippen LogP contribution in [0.2, 0.25) is 5.02 Å². The molecule has 18 heavy (non-hydrogen) atoms. The average Bonchev–Trinajstić information content (AvgIpc) is 2.65. The first kappa shape index (κ1) is 15.4. The normalized spacial score (nSPS) is 10.2. The van der Waals surface area contributed by atoms with Crippen LogP contribution in [0.1, 0.15) is 16.1 Å². The molecule has 98 valence electrons. The molecular formula is C13H15Cl2NOS. The number of hydrogen-bond donors (Lipinski definition) is 1. The Hall–Kier alpha value is -0.610. The number of rotatable bonds is 4. The Labute approximate surface area is 122 Å². The van der Waals surface area contributed by atoms with E-state index in [-0.39, 0.29) is 19.0 Å². The number of benzene rings is 1. The average molecular weight is 304 g/mol. The molecule has 0 aliphatic rings. The second kappa shape index (κ2) is 7.10. The van der Waals surface area contributed by atoms with Crippen LogP contribution in [0.25, 0.3) is 0 Å². The predicted octanol–water partition coefficient (Wildman–Crippen LogP) is -0.415. The predicted molar refractivity (Wildman–Crippen MR) is 70.6 cm³/mol. The van der Waals surface area contributed by atoms with Crippen molar-refractivity contribution in [1.82, 2.24) is 0 Å². The van der Waals surface area contributed by atoms with Crippen LogP contribution in [0.15, 0.2) is 29.8 Å². The molecule has 0 atom stereocenters. The van der Waals surface area contributed by atoms with E-state index in [1.54, 1.807) is 11.3 Å². The van der Waals surface area contributed by atoms with Gasteiger partial charge in [0, 0.05) is 25.5 Å². The van der Waals surface area contributed by atoms with Crippen LogP contribution in [0.3, 0.4) is 0 Å². The van der Waals surface area contributed by atoms with E-state index in [1.165, 1.54) is 10.6 Å². The maximum absolute atomic E-state index is 8.96. The molecule has 0 radical (unpaired) electrons. The van der Waals surface area contributed by atoms with Crippen molar-refractivity contribution < 1.29 is 22.1 Å². The van der Waals surface area contributed by atoms with Gasteiger partial charge in [-0.1, -0.05) is 41.1 Å². The highest BCUT2D eigenvalue weighted by molar-refractivity contribution is 7.09. The standard InChI is InChI=1S/C13H15ClNOS.ClH/c1-10-13(6-7-16)17-9-15(10)8-11-4-2-3-5-12(11)14;/h2-5,9,16H,6-8H2,1H3;1H/q+1;/p-1. The van der Waals surface area contributed by atoms with Crippen LogP contribution >= 0.6 is 22.9 Å². The van der Waals surface area contributed by atoms with Gasteiger partial charge in [-0.2, -0.15) is 4.57 Å².